The van der Waals surface area contributed by atoms with Crippen molar-refractivity contribution in [3.05, 3.63) is 23.8 Å². The van der Waals surface area contributed by atoms with E-state index in [-0.39, 0.29) is 24.1 Å². The molecule has 0 amide bonds. The Labute approximate surface area is 160 Å². The van der Waals surface area contributed by atoms with Crippen molar-refractivity contribution < 1.29 is 28.5 Å². The van der Waals surface area contributed by atoms with Gasteiger partial charge < -0.3 is 18.9 Å². The van der Waals surface area contributed by atoms with Crippen LogP contribution in [0.25, 0.3) is 0 Å². The van der Waals surface area contributed by atoms with Crippen LogP contribution >= 0.6 is 0 Å². The van der Waals surface area contributed by atoms with Gasteiger partial charge in [0.05, 0.1) is 29.6 Å². The normalized spacial score (nSPS) is 39.6. The molecular formula is C21H30O6. The Hall–Kier alpha value is -1.66. The molecule has 0 N–H and O–H groups in total. The maximum Gasteiger partial charge on any atom is 0.334 e. The van der Waals surface area contributed by atoms with Gasteiger partial charge in [0, 0.05) is 25.5 Å². The third-order valence-electron chi connectivity index (χ3n) is 6.23. The van der Waals surface area contributed by atoms with Crippen molar-refractivity contribution in [3.8, 4) is 0 Å². The lowest BCUT2D eigenvalue weighted by Crippen LogP contribution is -2.38. The second-order valence-electron chi connectivity index (χ2n) is 8.20. The Morgan fingerprint density at radius 3 is 2.81 bits per heavy atom. The van der Waals surface area contributed by atoms with E-state index in [0.29, 0.717) is 24.8 Å². The number of hydrogen-bond donors (Lipinski definition) is 0. The number of epoxide rings is 1. The van der Waals surface area contributed by atoms with Crippen molar-refractivity contribution in [2.24, 2.45) is 11.8 Å². The smallest absolute Gasteiger partial charge is 0.334 e. The zero-order valence-corrected chi connectivity index (χ0v) is 16.8. The average Bonchev–Trinajstić information content (AvgIpc) is 3.16. The summed E-state index contributed by atoms with van der Waals surface area (Å²) in [4.78, 5) is 24.7. The van der Waals surface area contributed by atoms with Crippen LogP contribution in [0.15, 0.2) is 23.8 Å². The molecular weight excluding hydrogens is 348 g/mol. The molecule has 2 saturated heterocycles. The topological polar surface area (TPSA) is 74.4 Å². The van der Waals surface area contributed by atoms with Crippen LogP contribution in [0.1, 0.15) is 47.0 Å². The highest BCUT2D eigenvalue weighted by Gasteiger charge is 2.57. The number of methoxy groups -OCH3 is 1. The van der Waals surface area contributed by atoms with Crippen LogP contribution < -0.4 is 0 Å². The average molecular weight is 378 g/mol. The van der Waals surface area contributed by atoms with Gasteiger partial charge in [0.15, 0.2) is 0 Å². The highest BCUT2D eigenvalue weighted by atomic mass is 16.6. The number of carbonyl (C=O) groups excluding carboxylic acids is 2. The van der Waals surface area contributed by atoms with E-state index >= 15 is 0 Å². The van der Waals surface area contributed by atoms with E-state index in [0.717, 1.165) is 5.57 Å². The number of esters is 2. The molecule has 0 radical (unpaired) electrons. The molecule has 7 atom stereocenters. The predicted octanol–water partition coefficient (Wildman–Crippen LogP) is 2.95. The van der Waals surface area contributed by atoms with Gasteiger partial charge in [-0.2, -0.15) is 0 Å². The zero-order valence-electron chi connectivity index (χ0n) is 16.8. The van der Waals surface area contributed by atoms with E-state index in [1.165, 1.54) is 0 Å². The second kappa shape index (κ2) is 7.40. The molecule has 27 heavy (non-hydrogen) atoms. The van der Waals surface area contributed by atoms with Crippen LogP contribution in [0.3, 0.4) is 0 Å². The molecule has 7 unspecified atom stereocenters. The Balaban J connectivity index is 1.96. The molecule has 6 heteroatoms. The molecule has 2 heterocycles. The van der Waals surface area contributed by atoms with E-state index in [2.05, 4.69) is 6.58 Å². The molecule has 2 fully saturated rings. The molecule has 6 nitrogen and oxygen atoms in total. The summed E-state index contributed by atoms with van der Waals surface area (Å²) in [7, 11) is 1.67. The summed E-state index contributed by atoms with van der Waals surface area (Å²) in [5, 5.41) is 0. The maximum absolute atomic E-state index is 12.5. The van der Waals surface area contributed by atoms with Gasteiger partial charge in [-0.05, 0) is 31.9 Å². The van der Waals surface area contributed by atoms with Crippen molar-refractivity contribution >= 4 is 11.9 Å². The first-order valence-corrected chi connectivity index (χ1v) is 9.69. The first kappa shape index (κ1) is 20.1. The molecule has 0 bridgehead atoms. The highest BCUT2D eigenvalue weighted by Crippen LogP contribution is 2.48. The van der Waals surface area contributed by atoms with Crippen LogP contribution in [-0.2, 0) is 28.5 Å². The van der Waals surface area contributed by atoms with Crippen molar-refractivity contribution in [1.29, 1.82) is 0 Å². The van der Waals surface area contributed by atoms with Crippen molar-refractivity contribution in [1.82, 2.24) is 0 Å². The Kier molecular flexibility index (Phi) is 5.50. The SMILES string of the molecule is C=C1C(=O)OC2C=C(C)C(OC)CC3OC3(C)CC(OC(=O)C(C)CC)C12. The number of fused-ring (bicyclic) bond motifs is 2. The highest BCUT2D eigenvalue weighted by molar-refractivity contribution is 5.91. The number of carbonyl (C=O) groups is 2. The second-order valence-corrected chi connectivity index (χ2v) is 8.20. The fourth-order valence-electron chi connectivity index (χ4n) is 4.05. The van der Waals surface area contributed by atoms with Crippen molar-refractivity contribution in [3.63, 3.8) is 0 Å². The van der Waals surface area contributed by atoms with Gasteiger partial charge in [0.25, 0.3) is 0 Å². The summed E-state index contributed by atoms with van der Waals surface area (Å²) in [5.41, 5.74) is 0.911. The third-order valence-corrected chi connectivity index (χ3v) is 6.23. The number of hydrogen-bond acceptors (Lipinski definition) is 6. The fourth-order valence-corrected chi connectivity index (χ4v) is 4.05. The largest absolute Gasteiger partial charge is 0.461 e. The molecule has 0 aromatic heterocycles. The molecule has 0 aromatic rings. The van der Waals surface area contributed by atoms with Crippen LogP contribution in [-0.4, -0.2) is 49.1 Å². The Morgan fingerprint density at radius 2 is 2.19 bits per heavy atom. The van der Waals surface area contributed by atoms with Gasteiger partial charge in [-0.1, -0.05) is 20.4 Å². The van der Waals surface area contributed by atoms with Gasteiger partial charge >= 0.3 is 11.9 Å². The minimum absolute atomic E-state index is 0.0263. The minimum atomic E-state index is -0.520. The van der Waals surface area contributed by atoms with Gasteiger partial charge in [-0.25, -0.2) is 4.79 Å². The first-order valence-electron chi connectivity index (χ1n) is 9.69. The van der Waals surface area contributed by atoms with Gasteiger partial charge in [-0.15, -0.1) is 0 Å². The van der Waals surface area contributed by atoms with Crippen molar-refractivity contribution in [2.45, 2.75) is 77.0 Å². The lowest BCUT2D eigenvalue weighted by molar-refractivity contribution is -0.157. The van der Waals surface area contributed by atoms with E-state index in [1.54, 1.807) is 7.11 Å². The molecule has 0 aromatic carbocycles. The zero-order chi connectivity index (χ0) is 19.9. The van der Waals surface area contributed by atoms with Crippen LogP contribution in [0.4, 0.5) is 0 Å². The predicted molar refractivity (Wildman–Crippen MR) is 98.9 cm³/mol. The van der Waals surface area contributed by atoms with Crippen LogP contribution in [0.5, 0.6) is 0 Å². The molecule has 2 aliphatic heterocycles. The van der Waals surface area contributed by atoms with Gasteiger partial charge in [0.2, 0.25) is 0 Å². The number of ether oxygens (including phenoxy) is 4. The summed E-state index contributed by atoms with van der Waals surface area (Å²) in [6.07, 6.45) is 2.70. The Morgan fingerprint density at radius 1 is 1.48 bits per heavy atom. The monoisotopic (exact) mass is 378 g/mol. The van der Waals surface area contributed by atoms with E-state index in [1.807, 2.05) is 33.8 Å². The molecule has 0 saturated carbocycles. The molecule has 3 aliphatic rings. The Bertz CT molecular complexity index is 668. The first-order chi connectivity index (χ1) is 12.7. The molecule has 3 rings (SSSR count). The van der Waals surface area contributed by atoms with E-state index in [9.17, 15) is 9.59 Å². The maximum atomic E-state index is 12.5. The summed E-state index contributed by atoms with van der Waals surface area (Å²) >= 11 is 0. The lowest BCUT2D eigenvalue weighted by atomic mass is 9.82. The molecule has 1 aliphatic carbocycles. The summed E-state index contributed by atoms with van der Waals surface area (Å²) in [5.74, 6) is -1.33. The summed E-state index contributed by atoms with van der Waals surface area (Å²) in [6.45, 7) is 11.7. The van der Waals surface area contributed by atoms with Crippen molar-refractivity contribution in [2.75, 3.05) is 7.11 Å². The fraction of sp³-hybridized carbons (Fsp3) is 0.714. The van der Waals surface area contributed by atoms with Gasteiger partial charge in [0.1, 0.15) is 12.2 Å². The van der Waals surface area contributed by atoms with E-state index < -0.39 is 29.7 Å². The van der Waals surface area contributed by atoms with Crippen LogP contribution in [0.2, 0.25) is 0 Å². The molecule has 0 spiro atoms. The quantitative estimate of drug-likeness (QED) is 0.324. The minimum Gasteiger partial charge on any atom is -0.461 e. The standard InChI is InChI=1S/C21H30O6/c1-7-11(2)19(22)26-16-10-21(5)17(27-21)9-14(24-6)12(3)8-15-18(16)13(4)20(23)25-15/h8,11,14-18H,4,7,9-10H2,1-3,5-6H3. The summed E-state index contributed by atoms with van der Waals surface area (Å²) in [6, 6.07) is 0. The third kappa shape index (κ3) is 3.83. The van der Waals surface area contributed by atoms with E-state index in [4.69, 9.17) is 18.9 Å². The number of rotatable bonds is 4. The van der Waals surface area contributed by atoms with Crippen LogP contribution in [0, 0.1) is 11.8 Å². The molecule has 150 valence electrons. The van der Waals surface area contributed by atoms with Gasteiger partial charge in [-0.3, -0.25) is 4.79 Å². The lowest BCUT2D eigenvalue weighted by Gasteiger charge is -2.30. The summed E-state index contributed by atoms with van der Waals surface area (Å²) < 4.78 is 23.0.